The van der Waals surface area contributed by atoms with Gasteiger partial charge < -0.3 is 9.42 Å². The molecule has 2 aromatic heterocycles. The van der Waals surface area contributed by atoms with Crippen molar-refractivity contribution in [3.63, 3.8) is 0 Å². The second-order valence-corrected chi connectivity index (χ2v) is 6.33. The first kappa shape index (κ1) is 11.7. The van der Waals surface area contributed by atoms with Crippen LogP contribution in [0.1, 0.15) is 55.1 Å². The average molecular weight is 286 g/mol. The molecule has 0 saturated heterocycles. The Morgan fingerprint density at radius 2 is 1.81 bits per heavy atom. The molecule has 0 radical (unpaired) electrons. The molecule has 0 N–H and O–H groups in total. The van der Waals surface area contributed by atoms with Gasteiger partial charge in [0, 0.05) is 31.3 Å². The van der Waals surface area contributed by atoms with E-state index in [1.165, 1.54) is 25.7 Å². The molecular weight excluding hydrogens is 268 g/mol. The minimum absolute atomic E-state index is 0.511. The smallest absolute Gasteiger partial charge is 0.266 e. The SMILES string of the molecule is C1CN(c2noc(C3CC3)n2)CCn2nc(C3CC3)nc21. The summed E-state index contributed by atoms with van der Waals surface area (Å²) in [7, 11) is 0. The van der Waals surface area contributed by atoms with Gasteiger partial charge >= 0.3 is 0 Å². The van der Waals surface area contributed by atoms with Gasteiger partial charge in [0.2, 0.25) is 5.89 Å². The van der Waals surface area contributed by atoms with E-state index in [4.69, 9.17) is 9.51 Å². The second-order valence-electron chi connectivity index (χ2n) is 6.33. The summed E-state index contributed by atoms with van der Waals surface area (Å²) in [5.41, 5.74) is 0. The lowest BCUT2D eigenvalue weighted by atomic mass is 10.3. The minimum atomic E-state index is 0.511. The molecular formula is C14H18N6O. The average Bonchev–Trinajstić information content (AvgIpc) is 3.43. The lowest BCUT2D eigenvalue weighted by Crippen LogP contribution is -2.27. The van der Waals surface area contributed by atoms with Gasteiger partial charge in [0.25, 0.3) is 5.95 Å². The summed E-state index contributed by atoms with van der Waals surface area (Å²) in [5.74, 6) is 4.82. The Bertz CT molecular complexity index is 643. The summed E-state index contributed by atoms with van der Waals surface area (Å²) in [4.78, 5) is 11.4. The highest BCUT2D eigenvalue weighted by Gasteiger charge is 2.32. The highest BCUT2D eigenvalue weighted by atomic mass is 16.5. The van der Waals surface area contributed by atoms with Gasteiger partial charge in [0.15, 0.2) is 5.82 Å². The van der Waals surface area contributed by atoms with E-state index in [2.05, 4.69) is 24.8 Å². The molecule has 2 aromatic rings. The zero-order valence-corrected chi connectivity index (χ0v) is 11.9. The first-order valence-corrected chi connectivity index (χ1v) is 7.89. The molecule has 2 saturated carbocycles. The third kappa shape index (κ3) is 2.11. The van der Waals surface area contributed by atoms with Gasteiger partial charge in [-0.3, -0.25) is 0 Å². The summed E-state index contributed by atoms with van der Waals surface area (Å²) in [6, 6.07) is 0. The molecule has 110 valence electrons. The molecule has 0 bridgehead atoms. The summed E-state index contributed by atoms with van der Waals surface area (Å²) in [6.07, 6.45) is 5.77. The van der Waals surface area contributed by atoms with Crippen LogP contribution in [0.5, 0.6) is 0 Å². The van der Waals surface area contributed by atoms with Gasteiger partial charge in [-0.2, -0.15) is 10.1 Å². The van der Waals surface area contributed by atoms with E-state index < -0.39 is 0 Å². The van der Waals surface area contributed by atoms with Gasteiger partial charge in [0.05, 0.1) is 6.54 Å². The first-order chi connectivity index (χ1) is 10.4. The largest absolute Gasteiger partial charge is 0.337 e. The monoisotopic (exact) mass is 286 g/mol. The fraction of sp³-hybridized carbons (Fsp3) is 0.714. The van der Waals surface area contributed by atoms with E-state index in [-0.39, 0.29) is 0 Å². The number of nitrogens with zero attached hydrogens (tertiary/aromatic N) is 6. The van der Waals surface area contributed by atoms with Crippen molar-refractivity contribution in [2.75, 3.05) is 18.0 Å². The Kier molecular flexibility index (Phi) is 2.39. The zero-order chi connectivity index (χ0) is 13.8. The van der Waals surface area contributed by atoms with Crippen LogP contribution in [0.3, 0.4) is 0 Å². The molecule has 2 fully saturated rings. The molecule has 7 nitrogen and oxygen atoms in total. The molecule has 0 spiro atoms. The van der Waals surface area contributed by atoms with E-state index in [9.17, 15) is 0 Å². The van der Waals surface area contributed by atoms with Crippen molar-refractivity contribution in [1.82, 2.24) is 24.9 Å². The van der Waals surface area contributed by atoms with Crippen LogP contribution in [0.25, 0.3) is 0 Å². The molecule has 0 amide bonds. The third-order valence-corrected chi connectivity index (χ3v) is 4.53. The van der Waals surface area contributed by atoms with Crippen LogP contribution in [0.2, 0.25) is 0 Å². The van der Waals surface area contributed by atoms with Gasteiger partial charge in [0.1, 0.15) is 5.82 Å². The lowest BCUT2D eigenvalue weighted by molar-refractivity contribution is 0.378. The minimum Gasteiger partial charge on any atom is -0.337 e. The van der Waals surface area contributed by atoms with E-state index in [0.29, 0.717) is 11.8 Å². The number of hydrogen-bond donors (Lipinski definition) is 0. The fourth-order valence-electron chi connectivity index (χ4n) is 2.89. The van der Waals surface area contributed by atoms with E-state index >= 15 is 0 Å². The Labute approximate surface area is 122 Å². The summed E-state index contributed by atoms with van der Waals surface area (Å²) in [6.45, 7) is 2.60. The van der Waals surface area contributed by atoms with E-state index in [0.717, 1.165) is 49.5 Å². The molecule has 21 heavy (non-hydrogen) atoms. The highest BCUT2D eigenvalue weighted by molar-refractivity contribution is 5.29. The number of anilines is 1. The van der Waals surface area contributed by atoms with Crippen molar-refractivity contribution in [3.05, 3.63) is 17.5 Å². The van der Waals surface area contributed by atoms with Gasteiger partial charge in [-0.15, -0.1) is 0 Å². The predicted molar refractivity (Wildman–Crippen MR) is 74.2 cm³/mol. The summed E-state index contributed by atoms with van der Waals surface area (Å²) >= 11 is 0. The fourth-order valence-corrected chi connectivity index (χ4v) is 2.89. The first-order valence-electron chi connectivity index (χ1n) is 7.89. The van der Waals surface area contributed by atoms with Crippen LogP contribution in [0.15, 0.2) is 4.52 Å². The molecule has 3 heterocycles. The number of hydrogen-bond acceptors (Lipinski definition) is 6. The van der Waals surface area contributed by atoms with Crippen LogP contribution in [0, 0.1) is 0 Å². The Balaban J connectivity index is 1.33. The number of fused-ring (bicyclic) bond motifs is 1. The van der Waals surface area contributed by atoms with Crippen LogP contribution < -0.4 is 4.90 Å². The predicted octanol–water partition coefficient (Wildman–Crippen LogP) is 1.48. The molecule has 7 heteroatoms. The van der Waals surface area contributed by atoms with Crippen molar-refractivity contribution in [3.8, 4) is 0 Å². The molecule has 3 aliphatic rings. The van der Waals surface area contributed by atoms with E-state index in [1.807, 2.05) is 0 Å². The lowest BCUT2D eigenvalue weighted by Gasteiger charge is -2.16. The van der Waals surface area contributed by atoms with Crippen LogP contribution in [-0.4, -0.2) is 38.0 Å². The third-order valence-electron chi connectivity index (χ3n) is 4.53. The van der Waals surface area contributed by atoms with Gasteiger partial charge in [-0.25, -0.2) is 9.67 Å². The van der Waals surface area contributed by atoms with Crippen LogP contribution in [0.4, 0.5) is 5.95 Å². The maximum absolute atomic E-state index is 5.36. The molecule has 0 unspecified atom stereocenters. The highest BCUT2D eigenvalue weighted by Crippen LogP contribution is 2.40. The quantitative estimate of drug-likeness (QED) is 0.851. The van der Waals surface area contributed by atoms with Crippen molar-refractivity contribution in [2.24, 2.45) is 0 Å². The molecule has 0 atom stereocenters. The Hall–Kier alpha value is -1.92. The normalized spacial score (nSPS) is 22.2. The summed E-state index contributed by atoms with van der Waals surface area (Å²) < 4.78 is 7.42. The van der Waals surface area contributed by atoms with Crippen LogP contribution >= 0.6 is 0 Å². The molecule has 1 aliphatic heterocycles. The number of rotatable bonds is 3. The van der Waals surface area contributed by atoms with Crippen LogP contribution in [-0.2, 0) is 13.0 Å². The molecule has 2 aliphatic carbocycles. The Morgan fingerprint density at radius 1 is 0.952 bits per heavy atom. The van der Waals surface area contributed by atoms with Gasteiger partial charge in [-0.05, 0) is 30.8 Å². The van der Waals surface area contributed by atoms with E-state index in [1.54, 1.807) is 0 Å². The molecule has 0 aromatic carbocycles. The second kappa shape index (κ2) is 4.29. The maximum atomic E-state index is 5.36. The number of aromatic nitrogens is 5. The Morgan fingerprint density at radius 3 is 2.62 bits per heavy atom. The standard InChI is InChI=1S/C14H18N6O/c1-2-9(1)12-15-11-5-6-19(7-8-20(11)17-12)14-16-13(21-18-14)10-3-4-10/h9-10H,1-8H2. The van der Waals surface area contributed by atoms with Gasteiger partial charge in [-0.1, -0.05) is 0 Å². The van der Waals surface area contributed by atoms with Crippen molar-refractivity contribution in [2.45, 2.75) is 50.5 Å². The van der Waals surface area contributed by atoms with Crippen molar-refractivity contribution >= 4 is 5.95 Å². The van der Waals surface area contributed by atoms with Crippen molar-refractivity contribution < 1.29 is 4.52 Å². The summed E-state index contributed by atoms with van der Waals surface area (Å²) in [5, 5.41) is 8.79. The maximum Gasteiger partial charge on any atom is 0.266 e. The van der Waals surface area contributed by atoms with Crippen molar-refractivity contribution in [1.29, 1.82) is 0 Å². The topological polar surface area (TPSA) is 72.9 Å². The zero-order valence-electron chi connectivity index (χ0n) is 11.9. The molecule has 5 rings (SSSR count).